The van der Waals surface area contributed by atoms with E-state index in [1.807, 2.05) is 17.7 Å². The largest absolute Gasteiger partial charge is 0.504 e. The molecule has 2 heterocycles. The van der Waals surface area contributed by atoms with Gasteiger partial charge in [0.1, 0.15) is 5.82 Å². The Morgan fingerprint density at radius 3 is 2.80 bits per heavy atom. The highest BCUT2D eigenvalue weighted by Crippen LogP contribution is 2.18. The van der Waals surface area contributed by atoms with E-state index in [0.29, 0.717) is 12.2 Å². The Morgan fingerprint density at radius 1 is 1.36 bits per heavy atom. The van der Waals surface area contributed by atoms with Crippen molar-refractivity contribution in [1.29, 1.82) is 0 Å². The highest BCUT2D eigenvalue weighted by atomic mass is 19.1. The monoisotopic (exact) mass is 343 g/mol. The lowest BCUT2D eigenvalue weighted by atomic mass is 10.2. The van der Waals surface area contributed by atoms with Crippen LogP contribution in [0.15, 0.2) is 49.2 Å². The number of carbonyl (C=O) groups is 1. The molecule has 3 aromatic rings. The minimum Gasteiger partial charge on any atom is -0.504 e. The van der Waals surface area contributed by atoms with Gasteiger partial charge in [0.25, 0.3) is 5.91 Å². The van der Waals surface area contributed by atoms with Gasteiger partial charge in [0.2, 0.25) is 0 Å². The molecule has 0 bridgehead atoms. The van der Waals surface area contributed by atoms with Crippen molar-refractivity contribution in [3.63, 3.8) is 0 Å². The van der Waals surface area contributed by atoms with Gasteiger partial charge < -0.3 is 15.0 Å². The van der Waals surface area contributed by atoms with E-state index in [2.05, 4.69) is 15.4 Å². The number of imidazole rings is 1. The number of aromatic nitrogens is 4. The first-order chi connectivity index (χ1) is 12.0. The summed E-state index contributed by atoms with van der Waals surface area (Å²) < 4.78 is 16.2. The molecule has 0 aliphatic heterocycles. The number of nitrogens with one attached hydrogen (secondary N) is 1. The van der Waals surface area contributed by atoms with E-state index in [1.165, 1.54) is 35.1 Å². The number of rotatable bonds is 6. The fraction of sp³-hybridized carbons (Fsp3) is 0.235. The predicted molar refractivity (Wildman–Crippen MR) is 88.9 cm³/mol. The van der Waals surface area contributed by atoms with Gasteiger partial charge in [-0.2, -0.15) is 5.10 Å². The summed E-state index contributed by atoms with van der Waals surface area (Å²) in [7, 11) is 0. The average molecular weight is 343 g/mol. The third-order valence-electron chi connectivity index (χ3n) is 3.69. The number of hydrogen-bond acceptors (Lipinski definition) is 4. The van der Waals surface area contributed by atoms with E-state index in [4.69, 9.17) is 0 Å². The second-order valence-corrected chi connectivity index (χ2v) is 5.86. The molecule has 7 nitrogen and oxygen atoms in total. The molecule has 0 fully saturated rings. The van der Waals surface area contributed by atoms with E-state index in [-0.39, 0.29) is 23.2 Å². The van der Waals surface area contributed by atoms with Crippen LogP contribution in [0.25, 0.3) is 5.69 Å². The number of carbonyl (C=O) groups excluding carboxylic acids is 1. The van der Waals surface area contributed by atoms with Crippen LogP contribution in [0.1, 0.15) is 17.4 Å². The summed E-state index contributed by atoms with van der Waals surface area (Å²) in [6.45, 7) is 3.15. The maximum Gasteiger partial charge on any atom is 0.275 e. The van der Waals surface area contributed by atoms with Crippen molar-refractivity contribution in [1.82, 2.24) is 24.6 Å². The van der Waals surface area contributed by atoms with E-state index in [9.17, 15) is 14.3 Å². The van der Waals surface area contributed by atoms with E-state index >= 15 is 0 Å². The average Bonchev–Trinajstić information content (AvgIpc) is 3.23. The van der Waals surface area contributed by atoms with Crippen LogP contribution in [-0.4, -0.2) is 36.9 Å². The van der Waals surface area contributed by atoms with Crippen LogP contribution in [-0.2, 0) is 6.54 Å². The summed E-state index contributed by atoms with van der Waals surface area (Å²) in [6, 6.07) is 5.59. The van der Waals surface area contributed by atoms with E-state index < -0.39 is 5.91 Å². The van der Waals surface area contributed by atoms with Gasteiger partial charge in [0.15, 0.2) is 11.4 Å². The number of aromatic hydroxyl groups is 1. The van der Waals surface area contributed by atoms with Gasteiger partial charge in [-0.25, -0.2) is 14.1 Å². The van der Waals surface area contributed by atoms with Crippen molar-refractivity contribution in [3.8, 4) is 11.4 Å². The molecule has 8 heteroatoms. The fourth-order valence-corrected chi connectivity index (χ4v) is 2.42. The molecule has 1 atom stereocenters. The minimum atomic E-state index is -0.462. The van der Waals surface area contributed by atoms with E-state index in [1.54, 1.807) is 12.5 Å². The highest BCUT2D eigenvalue weighted by molar-refractivity contribution is 5.94. The third-order valence-corrected chi connectivity index (χ3v) is 3.69. The Labute approximate surface area is 143 Å². The molecule has 0 aliphatic rings. The van der Waals surface area contributed by atoms with Gasteiger partial charge in [-0.15, -0.1) is 0 Å². The van der Waals surface area contributed by atoms with Crippen molar-refractivity contribution in [3.05, 3.63) is 60.7 Å². The summed E-state index contributed by atoms with van der Waals surface area (Å²) in [6.07, 6.45) is 6.59. The molecule has 1 amide bonds. The zero-order valence-corrected chi connectivity index (χ0v) is 13.6. The molecule has 0 unspecified atom stereocenters. The SMILES string of the molecule is C[C@H](CNC(=O)c1nn(-c2ccc(F)cc2)cc1O)Cn1ccnc1. The second-order valence-electron chi connectivity index (χ2n) is 5.86. The van der Waals surface area contributed by atoms with Crippen LogP contribution in [0.2, 0.25) is 0 Å². The number of halogens is 1. The quantitative estimate of drug-likeness (QED) is 0.717. The highest BCUT2D eigenvalue weighted by Gasteiger charge is 2.17. The second kappa shape index (κ2) is 7.16. The first-order valence-electron chi connectivity index (χ1n) is 7.81. The van der Waals surface area contributed by atoms with Gasteiger partial charge in [-0.1, -0.05) is 6.92 Å². The van der Waals surface area contributed by atoms with Gasteiger partial charge in [0, 0.05) is 25.5 Å². The molecule has 0 spiro atoms. The van der Waals surface area contributed by atoms with Crippen LogP contribution in [0, 0.1) is 11.7 Å². The normalized spacial score (nSPS) is 12.1. The molecule has 2 N–H and O–H groups in total. The van der Waals surface area contributed by atoms with Crippen LogP contribution in [0.4, 0.5) is 4.39 Å². The molecule has 2 aromatic heterocycles. The van der Waals surface area contributed by atoms with Crippen LogP contribution in [0.3, 0.4) is 0 Å². The molecule has 3 rings (SSSR count). The van der Waals surface area contributed by atoms with E-state index in [0.717, 1.165) is 6.54 Å². The Morgan fingerprint density at radius 2 is 2.12 bits per heavy atom. The molecular weight excluding hydrogens is 325 g/mol. The third kappa shape index (κ3) is 4.03. The zero-order chi connectivity index (χ0) is 17.8. The fourth-order valence-electron chi connectivity index (χ4n) is 2.42. The van der Waals surface area contributed by atoms with Crippen LogP contribution >= 0.6 is 0 Å². The summed E-state index contributed by atoms with van der Waals surface area (Å²) in [4.78, 5) is 16.2. The van der Waals surface area contributed by atoms with Crippen molar-refractivity contribution in [2.75, 3.05) is 6.54 Å². The van der Waals surface area contributed by atoms with Gasteiger partial charge in [0.05, 0.1) is 18.2 Å². The maximum absolute atomic E-state index is 13.0. The topological polar surface area (TPSA) is 85.0 Å². The molecule has 25 heavy (non-hydrogen) atoms. The van der Waals surface area contributed by atoms with Gasteiger partial charge in [-0.05, 0) is 30.2 Å². The lowest BCUT2D eigenvalue weighted by Gasteiger charge is -2.12. The summed E-state index contributed by atoms with van der Waals surface area (Å²) in [5, 5.41) is 16.8. The Balaban J connectivity index is 1.63. The standard InChI is InChI=1S/C17H18FN5O2/c1-12(9-22-7-6-19-11-22)8-20-17(25)16-15(24)10-23(21-16)14-4-2-13(18)3-5-14/h2-7,10-12,24H,8-9H2,1H3,(H,20,25)/t12-/m1/s1. The van der Waals surface area contributed by atoms with Crippen LogP contribution in [0.5, 0.6) is 5.75 Å². The number of hydrogen-bond donors (Lipinski definition) is 2. The van der Waals surface area contributed by atoms with Crippen molar-refractivity contribution >= 4 is 5.91 Å². The number of nitrogens with zero attached hydrogens (tertiary/aromatic N) is 4. The smallest absolute Gasteiger partial charge is 0.275 e. The molecule has 0 saturated heterocycles. The Hall–Kier alpha value is -3.16. The number of amides is 1. The lowest BCUT2D eigenvalue weighted by Crippen LogP contribution is -2.30. The predicted octanol–water partition coefficient (Wildman–Crippen LogP) is 1.98. The molecule has 130 valence electrons. The van der Waals surface area contributed by atoms with Gasteiger partial charge >= 0.3 is 0 Å². The van der Waals surface area contributed by atoms with Crippen LogP contribution < -0.4 is 5.32 Å². The van der Waals surface area contributed by atoms with Crippen molar-refractivity contribution in [2.24, 2.45) is 5.92 Å². The summed E-state index contributed by atoms with van der Waals surface area (Å²) in [5.41, 5.74) is 0.475. The first kappa shape index (κ1) is 16.7. The molecule has 1 aromatic carbocycles. The van der Waals surface area contributed by atoms with Crippen molar-refractivity contribution < 1.29 is 14.3 Å². The first-order valence-corrected chi connectivity index (χ1v) is 7.81. The molecule has 0 saturated carbocycles. The Kier molecular flexibility index (Phi) is 4.78. The molecular formula is C17H18FN5O2. The number of benzene rings is 1. The Bertz CT molecular complexity index is 843. The van der Waals surface area contributed by atoms with Crippen molar-refractivity contribution in [2.45, 2.75) is 13.5 Å². The molecule has 0 radical (unpaired) electrons. The maximum atomic E-state index is 13.0. The minimum absolute atomic E-state index is 0.0702. The lowest BCUT2D eigenvalue weighted by molar-refractivity contribution is 0.0939. The summed E-state index contributed by atoms with van der Waals surface area (Å²) >= 11 is 0. The van der Waals surface area contributed by atoms with Gasteiger partial charge in [-0.3, -0.25) is 4.79 Å². The zero-order valence-electron chi connectivity index (χ0n) is 13.6. The molecule has 0 aliphatic carbocycles. The summed E-state index contributed by atoms with van der Waals surface area (Å²) in [5.74, 6) is -0.885.